The van der Waals surface area contributed by atoms with Gasteiger partial charge in [0.1, 0.15) is 0 Å². The number of aromatic carboxylic acids is 1. The molecule has 0 aliphatic rings. The smallest absolute Gasteiger partial charge is 0.435 e. The number of alkyl halides is 3. The SMILES string of the molecule is O=C(O)c1cc(C(F)(F)F)nn1-c1cc(Cl)ccc1Cl. The summed E-state index contributed by atoms with van der Waals surface area (Å²) in [5, 5.41) is 12.4. The molecule has 2 rings (SSSR count). The van der Waals surface area contributed by atoms with E-state index in [0.717, 1.165) is 0 Å². The van der Waals surface area contributed by atoms with Gasteiger partial charge in [-0.05, 0) is 18.2 Å². The average molecular weight is 325 g/mol. The fraction of sp³-hybridized carbons (Fsp3) is 0.0909. The second-order valence-corrected chi connectivity index (χ2v) is 4.57. The summed E-state index contributed by atoms with van der Waals surface area (Å²) in [4.78, 5) is 11.0. The van der Waals surface area contributed by atoms with E-state index in [1.807, 2.05) is 0 Å². The van der Waals surface area contributed by atoms with Crippen LogP contribution in [0.15, 0.2) is 24.3 Å². The highest BCUT2D eigenvalue weighted by Crippen LogP contribution is 2.31. The minimum atomic E-state index is -4.76. The summed E-state index contributed by atoms with van der Waals surface area (Å²) in [6.07, 6.45) is -4.76. The monoisotopic (exact) mass is 324 g/mol. The van der Waals surface area contributed by atoms with Crippen molar-refractivity contribution >= 4 is 29.2 Å². The van der Waals surface area contributed by atoms with E-state index in [0.29, 0.717) is 10.7 Å². The van der Waals surface area contributed by atoms with E-state index < -0.39 is 23.5 Å². The van der Waals surface area contributed by atoms with Crippen molar-refractivity contribution in [3.05, 3.63) is 45.7 Å². The van der Waals surface area contributed by atoms with Crippen molar-refractivity contribution in [1.29, 1.82) is 0 Å². The van der Waals surface area contributed by atoms with Crippen molar-refractivity contribution in [3.8, 4) is 5.69 Å². The summed E-state index contributed by atoms with van der Waals surface area (Å²) in [6.45, 7) is 0. The molecule has 106 valence electrons. The van der Waals surface area contributed by atoms with E-state index in [-0.39, 0.29) is 15.7 Å². The predicted molar refractivity (Wildman–Crippen MR) is 65.5 cm³/mol. The molecule has 2 aromatic rings. The normalized spacial score (nSPS) is 11.7. The van der Waals surface area contributed by atoms with E-state index in [1.54, 1.807) is 0 Å². The number of halogens is 5. The molecule has 0 amide bonds. The lowest BCUT2D eigenvalue weighted by molar-refractivity contribution is -0.141. The molecule has 1 aromatic heterocycles. The van der Waals surface area contributed by atoms with Crippen molar-refractivity contribution in [1.82, 2.24) is 9.78 Å². The van der Waals surface area contributed by atoms with Crippen LogP contribution in [0, 0.1) is 0 Å². The number of carbonyl (C=O) groups is 1. The number of carboxylic acid groups (broad SMARTS) is 1. The van der Waals surface area contributed by atoms with Crippen LogP contribution >= 0.6 is 23.2 Å². The van der Waals surface area contributed by atoms with Gasteiger partial charge in [0.2, 0.25) is 0 Å². The van der Waals surface area contributed by atoms with Gasteiger partial charge < -0.3 is 5.11 Å². The van der Waals surface area contributed by atoms with Crippen LogP contribution in [0.4, 0.5) is 13.2 Å². The van der Waals surface area contributed by atoms with Gasteiger partial charge >= 0.3 is 12.1 Å². The van der Waals surface area contributed by atoms with Crippen LogP contribution in [-0.2, 0) is 6.18 Å². The Morgan fingerprint density at radius 1 is 1.25 bits per heavy atom. The largest absolute Gasteiger partial charge is 0.477 e. The summed E-state index contributed by atoms with van der Waals surface area (Å²) >= 11 is 11.6. The van der Waals surface area contributed by atoms with Gasteiger partial charge in [0.25, 0.3) is 0 Å². The average Bonchev–Trinajstić information content (AvgIpc) is 2.77. The summed E-state index contributed by atoms with van der Waals surface area (Å²) < 4.78 is 38.4. The van der Waals surface area contributed by atoms with Crippen LogP contribution in [-0.4, -0.2) is 20.9 Å². The molecule has 0 radical (unpaired) electrons. The van der Waals surface area contributed by atoms with Crippen LogP contribution in [0.1, 0.15) is 16.2 Å². The first-order valence-corrected chi connectivity index (χ1v) is 5.81. The third-order valence-corrected chi connectivity index (χ3v) is 2.91. The van der Waals surface area contributed by atoms with Crippen molar-refractivity contribution in [3.63, 3.8) is 0 Å². The molecule has 0 aliphatic carbocycles. The van der Waals surface area contributed by atoms with Crippen LogP contribution in [0.3, 0.4) is 0 Å². The summed E-state index contributed by atoms with van der Waals surface area (Å²) in [6, 6.07) is 4.41. The predicted octanol–water partition coefficient (Wildman–Crippen LogP) is 3.90. The Bertz CT molecular complexity index is 683. The number of carboxylic acids is 1. The lowest BCUT2D eigenvalue weighted by atomic mass is 10.3. The number of benzene rings is 1. The maximum atomic E-state index is 12.6. The molecule has 0 aliphatic heterocycles. The van der Waals surface area contributed by atoms with Crippen LogP contribution in [0.2, 0.25) is 10.0 Å². The minimum absolute atomic E-state index is 0.0220. The zero-order valence-electron chi connectivity index (χ0n) is 9.45. The topological polar surface area (TPSA) is 55.1 Å². The number of hydrogen-bond donors (Lipinski definition) is 1. The number of aromatic nitrogens is 2. The molecule has 20 heavy (non-hydrogen) atoms. The molecular weight excluding hydrogens is 320 g/mol. The van der Waals surface area contributed by atoms with E-state index in [4.69, 9.17) is 28.3 Å². The fourth-order valence-electron chi connectivity index (χ4n) is 1.50. The zero-order valence-corrected chi connectivity index (χ0v) is 11.0. The van der Waals surface area contributed by atoms with Gasteiger partial charge in [-0.15, -0.1) is 0 Å². The summed E-state index contributed by atoms with van der Waals surface area (Å²) in [7, 11) is 0. The quantitative estimate of drug-likeness (QED) is 0.911. The third kappa shape index (κ3) is 2.73. The molecule has 1 N–H and O–H groups in total. The van der Waals surface area contributed by atoms with Gasteiger partial charge in [0, 0.05) is 11.1 Å². The van der Waals surface area contributed by atoms with Crippen molar-refractivity contribution < 1.29 is 23.1 Å². The Kier molecular flexibility index (Phi) is 3.66. The van der Waals surface area contributed by atoms with E-state index in [2.05, 4.69) is 5.10 Å². The number of rotatable bonds is 2. The Morgan fingerprint density at radius 2 is 1.90 bits per heavy atom. The van der Waals surface area contributed by atoms with Gasteiger partial charge in [-0.3, -0.25) is 0 Å². The Labute approximate surface area is 120 Å². The zero-order chi connectivity index (χ0) is 15.1. The van der Waals surface area contributed by atoms with Gasteiger partial charge in [-0.25, -0.2) is 9.48 Å². The van der Waals surface area contributed by atoms with Crippen molar-refractivity contribution in [2.75, 3.05) is 0 Å². The highest BCUT2D eigenvalue weighted by Gasteiger charge is 2.36. The Morgan fingerprint density at radius 3 is 2.45 bits per heavy atom. The van der Waals surface area contributed by atoms with E-state index >= 15 is 0 Å². The molecule has 4 nitrogen and oxygen atoms in total. The van der Waals surface area contributed by atoms with Gasteiger partial charge in [-0.2, -0.15) is 18.3 Å². The summed E-state index contributed by atoms with van der Waals surface area (Å²) in [5.41, 5.74) is -2.04. The lowest BCUT2D eigenvalue weighted by Gasteiger charge is -2.07. The fourth-order valence-corrected chi connectivity index (χ4v) is 1.87. The summed E-state index contributed by atoms with van der Waals surface area (Å²) in [5.74, 6) is -1.57. The maximum Gasteiger partial charge on any atom is 0.435 e. The molecule has 0 saturated heterocycles. The second-order valence-electron chi connectivity index (χ2n) is 3.73. The third-order valence-electron chi connectivity index (χ3n) is 2.36. The highest BCUT2D eigenvalue weighted by molar-refractivity contribution is 6.34. The standard InChI is InChI=1S/C11H5Cl2F3N2O2/c12-5-1-2-6(13)7(3-5)18-8(10(19)20)4-9(17-18)11(14,15)16/h1-4H,(H,19,20). The van der Waals surface area contributed by atoms with Gasteiger partial charge in [0.05, 0.1) is 10.7 Å². The lowest BCUT2D eigenvalue weighted by Crippen LogP contribution is -2.09. The number of hydrogen-bond acceptors (Lipinski definition) is 2. The molecule has 0 saturated carbocycles. The minimum Gasteiger partial charge on any atom is -0.477 e. The first kappa shape index (κ1) is 14.7. The molecule has 0 bridgehead atoms. The van der Waals surface area contributed by atoms with Crippen LogP contribution in [0.5, 0.6) is 0 Å². The maximum absolute atomic E-state index is 12.6. The van der Waals surface area contributed by atoms with Gasteiger partial charge in [-0.1, -0.05) is 23.2 Å². The van der Waals surface area contributed by atoms with Crippen LogP contribution < -0.4 is 0 Å². The second kappa shape index (κ2) is 4.99. The van der Waals surface area contributed by atoms with E-state index in [1.165, 1.54) is 18.2 Å². The molecule has 1 aromatic carbocycles. The van der Waals surface area contributed by atoms with Crippen molar-refractivity contribution in [2.45, 2.75) is 6.18 Å². The first-order valence-electron chi connectivity index (χ1n) is 5.06. The molecule has 9 heteroatoms. The first-order chi connectivity index (χ1) is 9.20. The Balaban J connectivity index is 2.69. The van der Waals surface area contributed by atoms with Crippen molar-refractivity contribution in [2.24, 2.45) is 0 Å². The molecular formula is C11H5Cl2F3N2O2. The highest BCUT2D eigenvalue weighted by atomic mass is 35.5. The number of nitrogens with zero attached hydrogens (tertiary/aromatic N) is 2. The molecule has 0 unspecified atom stereocenters. The molecule has 0 spiro atoms. The Hall–Kier alpha value is -1.73. The van der Waals surface area contributed by atoms with Gasteiger partial charge in [0.15, 0.2) is 11.4 Å². The molecule has 0 fully saturated rings. The van der Waals surface area contributed by atoms with E-state index in [9.17, 15) is 18.0 Å². The van der Waals surface area contributed by atoms with Crippen LogP contribution in [0.25, 0.3) is 5.69 Å². The molecule has 1 heterocycles. The molecule has 0 atom stereocenters.